The molecule has 0 aliphatic heterocycles. The van der Waals surface area contributed by atoms with Gasteiger partial charge in [0.25, 0.3) is 0 Å². The quantitative estimate of drug-likeness (QED) is 0.579. The SMILES string of the molecule is Nc1ccnc(NCCS(N)(=O)=O)n1. The van der Waals surface area contributed by atoms with Crippen molar-refractivity contribution in [2.45, 2.75) is 0 Å². The first-order chi connectivity index (χ1) is 6.47. The minimum absolute atomic E-state index is 0.155. The molecule has 1 aromatic rings. The second kappa shape index (κ2) is 4.20. The Kier molecular flexibility index (Phi) is 3.20. The van der Waals surface area contributed by atoms with Crippen molar-refractivity contribution in [2.24, 2.45) is 5.14 Å². The number of anilines is 2. The van der Waals surface area contributed by atoms with Crippen molar-refractivity contribution in [3.8, 4) is 0 Å². The Hall–Kier alpha value is -1.41. The fourth-order valence-electron chi connectivity index (χ4n) is 0.763. The number of rotatable bonds is 4. The molecule has 0 saturated carbocycles. The summed E-state index contributed by atoms with van der Waals surface area (Å²) in [6.45, 7) is 0.155. The summed E-state index contributed by atoms with van der Waals surface area (Å²) in [5, 5.41) is 7.48. The monoisotopic (exact) mass is 217 g/mol. The van der Waals surface area contributed by atoms with Gasteiger partial charge in [-0.3, -0.25) is 0 Å². The van der Waals surface area contributed by atoms with Crippen LogP contribution in [0.1, 0.15) is 0 Å². The summed E-state index contributed by atoms with van der Waals surface area (Å²) in [6, 6.07) is 1.53. The van der Waals surface area contributed by atoms with Crippen molar-refractivity contribution in [2.75, 3.05) is 23.3 Å². The van der Waals surface area contributed by atoms with E-state index in [2.05, 4.69) is 15.3 Å². The van der Waals surface area contributed by atoms with Crippen LogP contribution in [0.5, 0.6) is 0 Å². The molecule has 0 atom stereocenters. The molecule has 0 fully saturated rings. The van der Waals surface area contributed by atoms with Gasteiger partial charge in [-0.1, -0.05) is 0 Å². The third-order valence-corrected chi connectivity index (χ3v) is 2.12. The first-order valence-electron chi connectivity index (χ1n) is 3.80. The zero-order valence-corrected chi connectivity index (χ0v) is 8.16. The zero-order valence-electron chi connectivity index (χ0n) is 7.34. The Morgan fingerprint density at radius 3 is 2.79 bits per heavy atom. The largest absolute Gasteiger partial charge is 0.384 e. The van der Waals surface area contributed by atoms with Crippen LogP contribution in [0.3, 0.4) is 0 Å². The molecular formula is C6H11N5O2S. The number of nitrogens with one attached hydrogen (secondary N) is 1. The van der Waals surface area contributed by atoms with Gasteiger partial charge in [-0.2, -0.15) is 4.98 Å². The van der Waals surface area contributed by atoms with Gasteiger partial charge < -0.3 is 11.1 Å². The van der Waals surface area contributed by atoms with Crippen molar-refractivity contribution in [3.05, 3.63) is 12.3 Å². The van der Waals surface area contributed by atoms with Crippen LogP contribution in [-0.4, -0.2) is 30.7 Å². The van der Waals surface area contributed by atoms with Crippen LogP contribution >= 0.6 is 0 Å². The molecule has 1 heterocycles. The molecule has 7 nitrogen and oxygen atoms in total. The van der Waals surface area contributed by atoms with Gasteiger partial charge in [0.2, 0.25) is 16.0 Å². The number of primary sulfonamides is 1. The van der Waals surface area contributed by atoms with Crippen molar-refractivity contribution in [1.82, 2.24) is 9.97 Å². The first kappa shape index (κ1) is 10.7. The van der Waals surface area contributed by atoms with Gasteiger partial charge in [-0.05, 0) is 6.07 Å². The van der Waals surface area contributed by atoms with Crippen LogP contribution in [0.2, 0.25) is 0 Å². The molecule has 0 amide bonds. The Morgan fingerprint density at radius 2 is 2.21 bits per heavy atom. The van der Waals surface area contributed by atoms with E-state index >= 15 is 0 Å². The van der Waals surface area contributed by atoms with Crippen LogP contribution < -0.4 is 16.2 Å². The molecule has 14 heavy (non-hydrogen) atoms. The summed E-state index contributed by atoms with van der Waals surface area (Å²) in [5.41, 5.74) is 5.38. The molecule has 5 N–H and O–H groups in total. The Morgan fingerprint density at radius 1 is 1.50 bits per heavy atom. The highest BCUT2D eigenvalue weighted by molar-refractivity contribution is 7.89. The molecule has 0 spiro atoms. The van der Waals surface area contributed by atoms with E-state index in [1.54, 1.807) is 0 Å². The number of hydrogen-bond donors (Lipinski definition) is 3. The predicted molar refractivity (Wildman–Crippen MR) is 52.9 cm³/mol. The number of hydrogen-bond acceptors (Lipinski definition) is 6. The summed E-state index contributed by atoms with van der Waals surface area (Å²) < 4.78 is 21.1. The summed E-state index contributed by atoms with van der Waals surface area (Å²) in [4.78, 5) is 7.63. The minimum atomic E-state index is -3.45. The highest BCUT2D eigenvalue weighted by atomic mass is 32.2. The van der Waals surface area contributed by atoms with Crippen LogP contribution in [0.15, 0.2) is 12.3 Å². The molecule has 78 valence electrons. The van der Waals surface area contributed by atoms with E-state index in [1.165, 1.54) is 12.3 Å². The number of nitrogens with zero attached hydrogens (tertiary/aromatic N) is 2. The Labute approximate surface area is 81.6 Å². The molecule has 0 bridgehead atoms. The second-order valence-corrected chi connectivity index (χ2v) is 4.33. The second-order valence-electron chi connectivity index (χ2n) is 2.60. The van der Waals surface area contributed by atoms with E-state index in [0.717, 1.165) is 0 Å². The molecule has 0 unspecified atom stereocenters. The average molecular weight is 217 g/mol. The standard InChI is InChI=1S/C6H11N5O2S/c7-5-1-2-9-6(11-5)10-3-4-14(8,12)13/h1-2H,3-4H2,(H2,8,12,13)(H3,7,9,10,11). The lowest BCUT2D eigenvalue weighted by atomic mass is 10.6. The minimum Gasteiger partial charge on any atom is -0.384 e. The molecule has 0 radical (unpaired) electrons. The third kappa shape index (κ3) is 4.01. The maximum absolute atomic E-state index is 10.6. The number of nitrogens with two attached hydrogens (primary N) is 2. The fraction of sp³-hybridized carbons (Fsp3) is 0.333. The maximum atomic E-state index is 10.6. The van der Waals surface area contributed by atoms with Gasteiger partial charge >= 0.3 is 0 Å². The molecule has 0 aliphatic carbocycles. The maximum Gasteiger partial charge on any atom is 0.224 e. The number of nitrogen functional groups attached to an aromatic ring is 1. The Bertz CT molecular complexity index is 404. The van der Waals surface area contributed by atoms with Crippen molar-refractivity contribution >= 4 is 21.8 Å². The Balaban J connectivity index is 2.47. The van der Waals surface area contributed by atoms with Crippen LogP contribution in [0.4, 0.5) is 11.8 Å². The van der Waals surface area contributed by atoms with Crippen LogP contribution in [-0.2, 0) is 10.0 Å². The lowest BCUT2D eigenvalue weighted by Crippen LogP contribution is -2.22. The molecule has 0 saturated heterocycles. The van der Waals surface area contributed by atoms with E-state index in [1.807, 2.05) is 0 Å². The number of aromatic nitrogens is 2. The lowest BCUT2D eigenvalue weighted by molar-refractivity contribution is 0.598. The van der Waals surface area contributed by atoms with E-state index in [0.29, 0.717) is 5.82 Å². The first-order valence-corrected chi connectivity index (χ1v) is 5.52. The molecule has 0 aromatic carbocycles. The highest BCUT2D eigenvalue weighted by Crippen LogP contribution is 2.00. The molecule has 1 rings (SSSR count). The van der Waals surface area contributed by atoms with Gasteiger partial charge in [0.1, 0.15) is 5.82 Å². The normalized spacial score (nSPS) is 11.2. The van der Waals surface area contributed by atoms with Crippen LogP contribution in [0.25, 0.3) is 0 Å². The number of sulfonamides is 1. The third-order valence-electron chi connectivity index (χ3n) is 1.35. The molecule has 1 aromatic heterocycles. The topological polar surface area (TPSA) is 124 Å². The predicted octanol–water partition coefficient (Wildman–Crippen LogP) is -1.24. The van der Waals surface area contributed by atoms with Crippen LogP contribution in [0, 0.1) is 0 Å². The van der Waals surface area contributed by atoms with Crippen molar-refractivity contribution < 1.29 is 8.42 Å². The summed E-state index contributed by atoms with van der Waals surface area (Å²) in [5.74, 6) is 0.428. The zero-order chi connectivity index (χ0) is 10.6. The van der Waals surface area contributed by atoms with Crippen molar-refractivity contribution in [1.29, 1.82) is 0 Å². The summed E-state index contributed by atoms with van der Waals surface area (Å²) in [7, 11) is -3.45. The van der Waals surface area contributed by atoms with Gasteiger partial charge in [-0.25, -0.2) is 18.5 Å². The average Bonchev–Trinajstić information content (AvgIpc) is 2.01. The van der Waals surface area contributed by atoms with E-state index in [4.69, 9.17) is 10.9 Å². The lowest BCUT2D eigenvalue weighted by Gasteiger charge is -2.03. The van der Waals surface area contributed by atoms with Gasteiger partial charge in [-0.15, -0.1) is 0 Å². The van der Waals surface area contributed by atoms with Gasteiger partial charge in [0.15, 0.2) is 0 Å². The molecule has 0 aliphatic rings. The van der Waals surface area contributed by atoms with E-state index < -0.39 is 10.0 Å². The van der Waals surface area contributed by atoms with E-state index in [9.17, 15) is 8.42 Å². The molecule has 8 heteroatoms. The summed E-state index contributed by atoms with van der Waals surface area (Å²) >= 11 is 0. The smallest absolute Gasteiger partial charge is 0.224 e. The fourth-order valence-corrected chi connectivity index (χ4v) is 1.15. The highest BCUT2D eigenvalue weighted by Gasteiger charge is 2.02. The molecular weight excluding hydrogens is 206 g/mol. The summed E-state index contributed by atoms with van der Waals surface area (Å²) in [6.07, 6.45) is 1.47. The van der Waals surface area contributed by atoms with Gasteiger partial charge in [0.05, 0.1) is 5.75 Å². The van der Waals surface area contributed by atoms with Gasteiger partial charge in [0, 0.05) is 12.7 Å². The van der Waals surface area contributed by atoms with E-state index in [-0.39, 0.29) is 18.2 Å². The van der Waals surface area contributed by atoms with Crippen molar-refractivity contribution in [3.63, 3.8) is 0 Å².